The molecule has 2 rings (SSSR count). The molecule has 58 valence electrons. The molecule has 0 spiro atoms. The van der Waals surface area contributed by atoms with E-state index in [-0.39, 0.29) is 7.27 Å². The van der Waals surface area contributed by atoms with Crippen LogP contribution >= 0.6 is 18.5 Å². The average molecular weight is 177 g/mol. The summed E-state index contributed by atoms with van der Waals surface area (Å²) in [5.74, 6) is 0. The summed E-state index contributed by atoms with van der Waals surface area (Å²) in [5.41, 5.74) is 1.90. The van der Waals surface area contributed by atoms with Crippen LogP contribution in [0.2, 0.25) is 0 Å². The zero-order valence-electron chi connectivity index (χ0n) is 6.22. The Morgan fingerprint density at radius 2 is 1.40 bits per heavy atom. The Morgan fingerprint density at radius 3 is 1.90 bits per heavy atom. The lowest BCUT2D eigenvalue weighted by Crippen LogP contribution is -1.95. The van der Waals surface area contributed by atoms with Gasteiger partial charge in [-0.2, -0.15) is 0 Å². The summed E-state index contributed by atoms with van der Waals surface area (Å²) in [5, 5.41) is 0. The molecule has 0 radical (unpaired) electrons. The van der Waals surface area contributed by atoms with Crippen LogP contribution in [0.25, 0.3) is 0 Å². The minimum Gasteiger partial charge on any atom is -0.0958 e. The van der Waals surface area contributed by atoms with E-state index in [1.807, 2.05) is 0 Å². The van der Waals surface area contributed by atoms with Crippen molar-refractivity contribution in [3.05, 3.63) is 0 Å². The van der Waals surface area contributed by atoms with Crippen molar-refractivity contribution in [1.82, 2.24) is 0 Å². The maximum Gasteiger partial charge on any atom is -0.00339 e. The van der Waals surface area contributed by atoms with E-state index in [1.54, 1.807) is 0 Å². The van der Waals surface area contributed by atoms with Gasteiger partial charge < -0.3 is 0 Å². The van der Waals surface area contributed by atoms with E-state index in [0.717, 1.165) is 11.3 Å². The van der Waals surface area contributed by atoms with E-state index < -0.39 is 0 Å². The van der Waals surface area contributed by atoms with Gasteiger partial charge in [0.15, 0.2) is 0 Å². The Kier molecular flexibility index (Phi) is 2.21. The summed E-state index contributed by atoms with van der Waals surface area (Å²) in [4.78, 5) is 0. The van der Waals surface area contributed by atoms with E-state index in [2.05, 4.69) is 0 Å². The van der Waals surface area contributed by atoms with Crippen molar-refractivity contribution in [3.8, 4) is 0 Å². The molecule has 0 N–H and O–H groups in total. The molecule has 2 atom stereocenters. The highest BCUT2D eigenvalue weighted by atomic mass is 35.7. The lowest BCUT2D eigenvalue weighted by atomic mass is 10.0. The van der Waals surface area contributed by atoms with Gasteiger partial charge in [-0.3, -0.25) is 0 Å². The second-order valence-electron chi connectivity index (χ2n) is 3.51. The maximum atomic E-state index is 6.35. The number of rotatable bonds is 0. The molecule has 0 aromatic heterocycles. The monoisotopic (exact) mass is 176 g/mol. The molecule has 0 aliphatic carbocycles. The first-order valence-corrected chi connectivity index (χ1v) is 6.70. The highest BCUT2D eigenvalue weighted by Crippen LogP contribution is 2.63. The largest absolute Gasteiger partial charge is 0.0958 e. The molecule has 2 saturated heterocycles. The summed E-state index contributed by atoms with van der Waals surface area (Å²) in [6, 6.07) is 0. The van der Waals surface area contributed by atoms with E-state index in [4.69, 9.17) is 11.2 Å². The van der Waals surface area contributed by atoms with Crippen molar-refractivity contribution in [3.63, 3.8) is 0 Å². The molecule has 2 aliphatic heterocycles. The molecule has 10 heavy (non-hydrogen) atoms. The van der Waals surface area contributed by atoms with Crippen LogP contribution in [0.4, 0.5) is 0 Å². The molecule has 2 aliphatic rings. The second kappa shape index (κ2) is 2.99. The zero-order valence-corrected chi connectivity index (χ0v) is 7.87. The Morgan fingerprint density at radius 1 is 0.900 bits per heavy atom. The molecule has 0 aromatic rings. The van der Waals surface area contributed by atoms with Crippen molar-refractivity contribution in [2.24, 2.45) is 0 Å². The van der Waals surface area contributed by atoms with E-state index in [1.165, 1.54) is 38.5 Å². The van der Waals surface area contributed by atoms with Crippen LogP contribution < -0.4 is 0 Å². The number of halogens is 1. The van der Waals surface area contributed by atoms with Crippen LogP contribution in [-0.4, -0.2) is 11.3 Å². The fourth-order valence-corrected chi connectivity index (χ4v) is 5.64. The first kappa shape index (κ1) is 7.37. The van der Waals surface area contributed by atoms with Gasteiger partial charge >= 0.3 is 0 Å². The van der Waals surface area contributed by atoms with E-state index in [9.17, 15) is 0 Å². The summed E-state index contributed by atoms with van der Waals surface area (Å²) < 4.78 is 0. The van der Waals surface area contributed by atoms with Crippen LogP contribution in [0.15, 0.2) is 0 Å². The molecule has 2 bridgehead atoms. The molecule has 2 unspecified atom stereocenters. The quantitative estimate of drug-likeness (QED) is 0.494. The van der Waals surface area contributed by atoms with Crippen molar-refractivity contribution in [1.29, 1.82) is 0 Å². The Labute approximate surface area is 68.9 Å². The third-order valence-electron chi connectivity index (χ3n) is 2.86. The third kappa shape index (κ3) is 1.21. The Bertz CT molecular complexity index is 112. The summed E-state index contributed by atoms with van der Waals surface area (Å²) >= 11 is 6.35. The first-order valence-electron chi connectivity index (χ1n) is 4.32. The van der Waals surface area contributed by atoms with Crippen LogP contribution in [-0.2, 0) is 0 Å². The smallest absolute Gasteiger partial charge is 0.00339 e. The second-order valence-corrected chi connectivity index (χ2v) is 6.83. The number of fused-ring (bicyclic) bond motifs is 2. The van der Waals surface area contributed by atoms with Gasteiger partial charge in [0.25, 0.3) is 0 Å². The van der Waals surface area contributed by atoms with Crippen molar-refractivity contribution < 1.29 is 0 Å². The maximum absolute atomic E-state index is 6.35. The van der Waals surface area contributed by atoms with Crippen molar-refractivity contribution in [2.45, 2.75) is 49.8 Å². The molecular weight excluding hydrogens is 163 g/mol. The van der Waals surface area contributed by atoms with Crippen molar-refractivity contribution >= 4 is 18.5 Å². The first-order chi connectivity index (χ1) is 4.88. The average Bonchev–Trinajstić information content (AvgIpc) is 2.06. The van der Waals surface area contributed by atoms with Crippen LogP contribution in [0.1, 0.15) is 38.5 Å². The molecule has 0 aromatic carbocycles. The molecule has 2 fully saturated rings. The van der Waals surface area contributed by atoms with Crippen LogP contribution in [0.3, 0.4) is 0 Å². The van der Waals surface area contributed by atoms with Crippen LogP contribution in [0, 0.1) is 0 Å². The molecular formula is C8H14ClP. The van der Waals surface area contributed by atoms with Gasteiger partial charge in [-0.15, -0.1) is 0 Å². The van der Waals surface area contributed by atoms with Gasteiger partial charge in [0.05, 0.1) is 0 Å². The summed E-state index contributed by atoms with van der Waals surface area (Å²) in [6.07, 6.45) is 8.66. The van der Waals surface area contributed by atoms with Gasteiger partial charge in [-0.25, -0.2) is 0 Å². The van der Waals surface area contributed by atoms with Gasteiger partial charge in [0.1, 0.15) is 0 Å². The fraction of sp³-hybridized carbons (Fsp3) is 1.00. The van der Waals surface area contributed by atoms with Gasteiger partial charge in [-0.05, 0) is 44.3 Å². The summed E-state index contributed by atoms with van der Waals surface area (Å²) in [6.45, 7) is 0. The Balaban J connectivity index is 2.07. The minimum atomic E-state index is -0.0574. The number of hydrogen-bond donors (Lipinski definition) is 0. The lowest BCUT2D eigenvalue weighted by molar-refractivity contribution is 0.556. The van der Waals surface area contributed by atoms with Crippen molar-refractivity contribution in [2.75, 3.05) is 0 Å². The number of hydrogen-bond acceptors (Lipinski definition) is 0. The normalized spacial score (nSPS) is 47.1. The Hall–Kier alpha value is 0.720. The standard InChI is InChI=1S/C8H14ClP/c9-10-7-3-1-2-4-8(10)6-5-7/h7-8H,1-6H2. The molecule has 2 heteroatoms. The molecule has 0 nitrogen and oxygen atoms in total. The third-order valence-corrected chi connectivity index (χ3v) is 6.94. The minimum absolute atomic E-state index is 0.0574. The van der Waals surface area contributed by atoms with Gasteiger partial charge in [0, 0.05) is 0 Å². The van der Waals surface area contributed by atoms with Crippen LogP contribution in [0.5, 0.6) is 0 Å². The highest BCUT2D eigenvalue weighted by Gasteiger charge is 2.35. The topological polar surface area (TPSA) is 0 Å². The lowest BCUT2D eigenvalue weighted by Gasteiger charge is -2.13. The fourth-order valence-electron chi connectivity index (χ4n) is 2.22. The van der Waals surface area contributed by atoms with E-state index in [0.29, 0.717) is 0 Å². The van der Waals surface area contributed by atoms with Gasteiger partial charge in [-0.1, -0.05) is 24.1 Å². The zero-order chi connectivity index (χ0) is 6.97. The predicted molar refractivity (Wildman–Crippen MR) is 48.1 cm³/mol. The van der Waals surface area contributed by atoms with E-state index >= 15 is 0 Å². The predicted octanol–water partition coefficient (Wildman–Crippen LogP) is 3.73. The van der Waals surface area contributed by atoms with Gasteiger partial charge in [0.2, 0.25) is 0 Å². The SMILES string of the molecule is ClP1C2CCCCC1CC2. The summed E-state index contributed by atoms with van der Waals surface area (Å²) in [7, 11) is -0.0574. The molecule has 0 saturated carbocycles. The molecule has 2 heterocycles. The highest BCUT2D eigenvalue weighted by molar-refractivity contribution is 7.85. The molecule has 0 amide bonds.